The number of para-hydroxylation sites is 1. The second kappa shape index (κ2) is 12.9. The highest BCUT2D eigenvalue weighted by atomic mass is 16.3. The van der Waals surface area contributed by atoms with Crippen molar-refractivity contribution < 1.29 is 4.42 Å². The molecule has 0 radical (unpaired) electrons. The number of fused-ring (bicyclic) bond motifs is 6. The molecule has 262 valence electrons. The number of rotatable bonds is 6. The van der Waals surface area contributed by atoms with Gasteiger partial charge in [0.05, 0.1) is 16.8 Å². The maximum absolute atomic E-state index is 6.15. The first-order chi connectivity index (χ1) is 27.8. The van der Waals surface area contributed by atoms with Crippen molar-refractivity contribution in [3.8, 4) is 56.2 Å². The van der Waals surface area contributed by atoms with Gasteiger partial charge in [-0.05, 0) is 74.8 Å². The van der Waals surface area contributed by atoms with Crippen molar-refractivity contribution in [1.82, 2.24) is 9.97 Å². The lowest BCUT2D eigenvalue weighted by Gasteiger charge is -2.35. The van der Waals surface area contributed by atoms with Crippen LogP contribution in [0, 0.1) is 0 Å². The van der Waals surface area contributed by atoms with E-state index >= 15 is 0 Å². The molecule has 3 nitrogen and oxygen atoms in total. The van der Waals surface area contributed by atoms with Gasteiger partial charge in [-0.25, -0.2) is 9.97 Å². The van der Waals surface area contributed by atoms with Crippen molar-refractivity contribution in [2.45, 2.75) is 5.41 Å². The summed E-state index contributed by atoms with van der Waals surface area (Å²) in [5, 5.41) is 2.17. The molecule has 0 saturated carbocycles. The van der Waals surface area contributed by atoms with Crippen LogP contribution in [-0.2, 0) is 5.41 Å². The lowest BCUT2D eigenvalue weighted by molar-refractivity contribution is 0.669. The van der Waals surface area contributed by atoms with Crippen LogP contribution in [0.3, 0.4) is 0 Å². The van der Waals surface area contributed by atoms with Crippen molar-refractivity contribution in [2.24, 2.45) is 0 Å². The zero-order valence-electron chi connectivity index (χ0n) is 30.4. The molecule has 0 aliphatic heterocycles. The molecule has 1 aliphatic carbocycles. The summed E-state index contributed by atoms with van der Waals surface area (Å²) < 4.78 is 6.15. The summed E-state index contributed by atoms with van der Waals surface area (Å²) in [4.78, 5) is 10.3. The molecule has 1 aliphatic rings. The molecule has 11 rings (SSSR count). The minimum Gasteiger partial charge on any atom is -0.456 e. The first kappa shape index (κ1) is 32.1. The van der Waals surface area contributed by atoms with Crippen molar-refractivity contribution in [3.05, 3.63) is 229 Å². The summed E-state index contributed by atoms with van der Waals surface area (Å²) in [6.07, 6.45) is 0. The normalized spacial score (nSPS) is 12.8. The van der Waals surface area contributed by atoms with Crippen LogP contribution in [0.2, 0.25) is 0 Å². The average Bonchev–Trinajstić information content (AvgIpc) is 3.80. The topological polar surface area (TPSA) is 38.9 Å². The number of aromatic nitrogens is 2. The monoisotopic (exact) mass is 714 g/mol. The first-order valence-electron chi connectivity index (χ1n) is 19.1. The Labute approximate surface area is 325 Å². The van der Waals surface area contributed by atoms with Gasteiger partial charge in [0.15, 0.2) is 5.82 Å². The molecule has 2 heterocycles. The predicted octanol–water partition coefficient (Wildman–Crippen LogP) is 13.4. The Morgan fingerprint density at radius 2 is 0.839 bits per heavy atom. The van der Waals surface area contributed by atoms with Crippen LogP contribution in [0.1, 0.15) is 22.3 Å². The highest BCUT2D eigenvalue weighted by Gasteiger charge is 2.46. The van der Waals surface area contributed by atoms with Gasteiger partial charge >= 0.3 is 0 Å². The molecule has 0 fully saturated rings. The van der Waals surface area contributed by atoms with Crippen LogP contribution in [0.4, 0.5) is 0 Å². The molecule has 8 aromatic carbocycles. The zero-order valence-corrected chi connectivity index (χ0v) is 30.4. The van der Waals surface area contributed by atoms with E-state index in [9.17, 15) is 0 Å². The molecular weight excluding hydrogens is 681 g/mol. The van der Waals surface area contributed by atoms with E-state index in [0.717, 1.165) is 55.6 Å². The van der Waals surface area contributed by atoms with E-state index in [0.29, 0.717) is 5.82 Å². The van der Waals surface area contributed by atoms with Crippen molar-refractivity contribution in [2.75, 3.05) is 0 Å². The Balaban J connectivity index is 1.06. The van der Waals surface area contributed by atoms with E-state index in [4.69, 9.17) is 14.4 Å². The largest absolute Gasteiger partial charge is 0.456 e. The fourth-order valence-corrected chi connectivity index (χ4v) is 8.91. The van der Waals surface area contributed by atoms with E-state index in [-0.39, 0.29) is 0 Å². The second-order valence-electron chi connectivity index (χ2n) is 14.5. The summed E-state index contributed by atoms with van der Waals surface area (Å²) in [5.74, 6) is 0.688. The van der Waals surface area contributed by atoms with Crippen molar-refractivity contribution in [3.63, 3.8) is 0 Å². The number of furan rings is 1. The van der Waals surface area contributed by atoms with E-state index in [1.807, 2.05) is 36.4 Å². The van der Waals surface area contributed by atoms with Crippen LogP contribution in [-0.4, -0.2) is 9.97 Å². The minimum atomic E-state index is -0.489. The lowest BCUT2D eigenvalue weighted by Crippen LogP contribution is -2.29. The molecule has 3 heteroatoms. The van der Waals surface area contributed by atoms with Gasteiger partial charge in [-0.3, -0.25) is 0 Å². The second-order valence-corrected chi connectivity index (χ2v) is 14.5. The smallest absolute Gasteiger partial charge is 0.160 e. The molecule has 0 unspecified atom stereocenters. The molecule has 0 amide bonds. The molecule has 0 N–H and O–H groups in total. The third-order valence-corrected chi connectivity index (χ3v) is 11.4. The summed E-state index contributed by atoms with van der Waals surface area (Å²) in [6, 6.07) is 73.4. The number of nitrogens with zero attached hydrogens (tertiary/aromatic N) is 2. The molecule has 0 spiro atoms. The number of hydrogen-bond acceptors (Lipinski definition) is 3. The van der Waals surface area contributed by atoms with Gasteiger partial charge in [0.2, 0.25) is 0 Å². The van der Waals surface area contributed by atoms with Gasteiger partial charge in [0.1, 0.15) is 11.2 Å². The van der Waals surface area contributed by atoms with Crippen LogP contribution in [0.5, 0.6) is 0 Å². The first-order valence-corrected chi connectivity index (χ1v) is 19.1. The van der Waals surface area contributed by atoms with Crippen LogP contribution >= 0.6 is 0 Å². The quantitative estimate of drug-likeness (QED) is 0.172. The van der Waals surface area contributed by atoms with Gasteiger partial charge < -0.3 is 4.42 Å². The number of benzene rings is 8. The molecule has 10 aromatic rings. The fraction of sp³-hybridized carbons (Fsp3) is 0.0189. The van der Waals surface area contributed by atoms with E-state index in [1.54, 1.807) is 0 Å². The van der Waals surface area contributed by atoms with Crippen LogP contribution in [0.15, 0.2) is 211 Å². The molecule has 0 bridgehead atoms. The maximum atomic E-state index is 6.15. The minimum absolute atomic E-state index is 0.489. The van der Waals surface area contributed by atoms with Crippen molar-refractivity contribution in [1.29, 1.82) is 0 Å². The van der Waals surface area contributed by atoms with E-state index < -0.39 is 5.41 Å². The molecular formula is C53H34N2O. The summed E-state index contributed by atoms with van der Waals surface area (Å²) in [7, 11) is 0. The molecule has 0 atom stereocenters. The van der Waals surface area contributed by atoms with E-state index in [1.165, 1.54) is 38.9 Å². The maximum Gasteiger partial charge on any atom is 0.160 e. The predicted molar refractivity (Wildman–Crippen MR) is 228 cm³/mol. The Morgan fingerprint density at radius 3 is 1.54 bits per heavy atom. The molecule has 2 aromatic heterocycles. The van der Waals surface area contributed by atoms with E-state index in [2.05, 4.69) is 170 Å². The van der Waals surface area contributed by atoms with Crippen LogP contribution in [0.25, 0.3) is 78.1 Å². The average molecular weight is 715 g/mol. The molecule has 0 saturated heterocycles. The van der Waals surface area contributed by atoms with Gasteiger partial charge in [-0.2, -0.15) is 0 Å². The summed E-state index contributed by atoms with van der Waals surface area (Å²) in [6.45, 7) is 0. The Kier molecular flexibility index (Phi) is 7.39. The highest BCUT2D eigenvalue weighted by Crippen LogP contribution is 2.57. The Hall–Kier alpha value is -7.36. The van der Waals surface area contributed by atoms with Crippen LogP contribution < -0.4 is 0 Å². The highest BCUT2D eigenvalue weighted by molar-refractivity contribution is 6.06. The van der Waals surface area contributed by atoms with Gasteiger partial charge in [0.25, 0.3) is 0 Å². The van der Waals surface area contributed by atoms with Gasteiger partial charge in [-0.1, -0.05) is 176 Å². The Morgan fingerprint density at radius 1 is 0.339 bits per heavy atom. The third-order valence-electron chi connectivity index (χ3n) is 11.4. The SMILES string of the molecule is c1ccc(-c2nc(-c3ccc(-c4ccccc4C4(c5ccccc5)c5ccccc5-c5ccccc54)cc3)cc(-c3ccc4oc5ccccc5c4c3)n2)cc1. The zero-order chi connectivity index (χ0) is 37.1. The summed E-state index contributed by atoms with van der Waals surface area (Å²) in [5.41, 5.74) is 16.0. The number of hydrogen-bond donors (Lipinski definition) is 0. The molecule has 56 heavy (non-hydrogen) atoms. The summed E-state index contributed by atoms with van der Waals surface area (Å²) >= 11 is 0. The fourth-order valence-electron chi connectivity index (χ4n) is 8.91. The van der Waals surface area contributed by atoms with Gasteiger partial charge in [0, 0.05) is 27.5 Å². The Bertz CT molecular complexity index is 3030. The van der Waals surface area contributed by atoms with Gasteiger partial charge in [-0.15, -0.1) is 0 Å². The van der Waals surface area contributed by atoms with Crippen molar-refractivity contribution >= 4 is 21.9 Å². The lowest BCUT2D eigenvalue weighted by atomic mass is 9.66. The standard InChI is InChI=1S/C53H34N2O/c1-3-15-37(16-4-1)52-54-48(34-49(55-52)38-31-32-51-44(33-38)43-22-10-14-26-50(43)56-51)36-29-27-35(28-30-36)40-19-7-11-23-45(40)53(39-17-5-2-6-18-39)46-24-12-8-20-41(46)42-21-9-13-25-47(42)53/h1-34H. The third kappa shape index (κ3) is 4.98.